The summed E-state index contributed by atoms with van der Waals surface area (Å²) in [5, 5.41) is 0. The first-order chi connectivity index (χ1) is 17.4. The van der Waals surface area contributed by atoms with Crippen LogP contribution < -0.4 is 0 Å². The zero-order chi connectivity index (χ0) is 32.0. The highest BCUT2D eigenvalue weighted by Crippen LogP contribution is 2.69. The van der Waals surface area contributed by atoms with E-state index in [4.69, 9.17) is 0 Å². The van der Waals surface area contributed by atoms with Gasteiger partial charge in [-0.25, -0.2) is 0 Å². The minimum atomic E-state index is -2.02. The van der Waals surface area contributed by atoms with Crippen molar-refractivity contribution in [3.05, 3.63) is 20.8 Å². The Morgan fingerprint density at radius 1 is 0.525 bits per heavy atom. The van der Waals surface area contributed by atoms with Gasteiger partial charge >= 0.3 is 0 Å². The van der Waals surface area contributed by atoms with Gasteiger partial charge in [-0.1, -0.05) is 173 Å². The molecule has 0 bridgehead atoms. The molecule has 0 aliphatic heterocycles. The van der Waals surface area contributed by atoms with E-state index >= 15 is 0 Å². The Bertz CT molecular complexity index is 1260. The lowest BCUT2D eigenvalue weighted by Crippen LogP contribution is -2.69. The SMILES string of the molecule is C[Si](C)(C)C#CC(C#C[Si](C)(C)C)=C1/C(=C(\Br)[Si](C)(C)C)C(C#C[Si](C)(C)C)(C#C[Si](C)(C)C)C1(Br)[Si](C)(C)C. The molecule has 220 valence electrons. The Morgan fingerprint density at radius 2 is 0.850 bits per heavy atom. The summed E-state index contributed by atoms with van der Waals surface area (Å²) in [4.78, 5) is 0. The summed E-state index contributed by atoms with van der Waals surface area (Å²) in [6, 6.07) is 0. The minimum absolute atomic E-state index is 0.391. The lowest BCUT2D eigenvalue weighted by molar-refractivity contribution is 0.507. The molecular formula is C32H54Br2Si6. The summed E-state index contributed by atoms with van der Waals surface area (Å²) < 4.78 is 0.915. The van der Waals surface area contributed by atoms with Crippen molar-refractivity contribution >= 4 is 80.3 Å². The van der Waals surface area contributed by atoms with Gasteiger partial charge in [-0.3, -0.25) is 0 Å². The third-order valence-corrected chi connectivity index (χ3v) is 22.3. The van der Waals surface area contributed by atoms with Crippen molar-refractivity contribution in [3.63, 3.8) is 0 Å². The van der Waals surface area contributed by atoms with Crippen LogP contribution in [-0.2, 0) is 0 Å². The maximum absolute atomic E-state index is 4.51. The lowest BCUT2D eigenvalue weighted by Gasteiger charge is -2.61. The van der Waals surface area contributed by atoms with Crippen LogP contribution in [0.5, 0.6) is 0 Å². The van der Waals surface area contributed by atoms with Crippen LogP contribution in [0.2, 0.25) is 118 Å². The molecule has 0 saturated heterocycles. The maximum Gasteiger partial charge on any atom is 0.133 e. The average molecular weight is 767 g/mol. The molecule has 1 aliphatic carbocycles. The fraction of sp³-hybridized carbons (Fsp3) is 0.625. The second-order valence-corrected chi connectivity index (χ2v) is 50.0. The van der Waals surface area contributed by atoms with Crippen LogP contribution in [0.3, 0.4) is 0 Å². The van der Waals surface area contributed by atoms with Gasteiger partial charge < -0.3 is 0 Å². The van der Waals surface area contributed by atoms with Gasteiger partial charge in [0.05, 0.1) is 25.7 Å². The van der Waals surface area contributed by atoms with E-state index in [2.05, 4.69) is 196 Å². The molecule has 0 radical (unpaired) electrons. The van der Waals surface area contributed by atoms with Gasteiger partial charge in [0, 0.05) is 0 Å². The highest BCUT2D eigenvalue weighted by molar-refractivity contribution is 9.12. The fourth-order valence-electron chi connectivity index (χ4n) is 4.09. The average Bonchev–Trinajstić information content (AvgIpc) is 2.67. The molecule has 1 atom stereocenters. The smallest absolute Gasteiger partial charge is 0.130 e. The third-order valence-electron chi connectivity index (χ3n) is 6.02. The van der Waals surface area contributed by atoms with Crippen LogP contribution in [0.4, 0.5) is 0 Å². The van der Waals surface area contributed by atoms with Crippen LogP contribution >= 0.6 is 31.9 Å². The number of alkyl halides is 1. The van der Waals surface area contributed by atoms with E-state index in [1.165, 1.54) is 15.3 Å². The molecule has 1 saturated carbocycles. The number of rotatable bonds is 2. The predicted octanol–water partition coefficient (Wildman–Crippen LogP) is 10.3. The molecule has 0 heterocycles. The molecule has 1 aliphatic rings. The Hall–Kier alpha value is -0.0187. The van der Waals surface area contributed by atoms with Gasteiger partial charge in [0.15, 0.2) is 0 Å². The second-order valence-electron chi connectivity index (χ2n) is 17.3. The molecular weight excluding hydrogens is 713 g/mol. The van der Waals surface area contributed by atoms with Gasteiger partial charge in [-0.15, -0.1) is 22.2 Å². The van der Waals surface area contributed by atoms with Gasteiger partial charge in [0.1, 0.15) is 37.7 Å². The van der Waals surface area contributed by atoms with Crippen LogP contribution in [-0.4, -0.2) is 52.4 Å². The molecule has 0 nitrogen and oxygen atoms in total. The minimum Gasteiger partial charge on any atom is -0.130 e. The van der Waals surface area contributed by atoms with E-state index in [1.54, 1.807) is 0 Å². The highest BCUT2D eigenvalue weighted by Gasteiger charge is 2.71. The fourth-order valence-corrected chi connectivity index (χ4v) is 10.9. The normalized spacial score (nSPS) is 20.8. The summed E-state index contributed by atoms with van der Waals surface area (Å²) >= 11 is 8.72. The van der Waals surface area contributed by atoms with Crippen molar-refractivity contribution in [1.82, 2.24) is 0 Å². The van der Waals surface area contributed by atoms with Crippen molar-refractivity contribution in [2.45, 2.75) is 122 Å². The molecule has 0 N–H and O–H groups in total. The van der Waals surface area contributed by atoms with Crippen molar-refractivity contribution in [2.75, 3.05) is 0 Å². The first kappa shape index (κ1) is 38.0. The molecule has 1 unspecified atom stereocenters. The molecule has 1 fully saturated rings. The van der Waals surface area contributed by atoms with E-state index < -0.39 is 57.8 Å². The van der Waals surface area contributed by atoms with E-state index in [1.807, 2.05) is 0 Å². The Kier molecular flexibility index (Phi) is 11.6. The molecule has 0 aromatic heterocycles. The quantitative estimate of drug-likeness (QED) is 0.149. The molecule has 1 rings (SSSR count). The lowest BCUT2D eigenvalue weighted by atomic mass is 9.60. The Labute approximate surface area is 272 Å². The molecule has 0 aromatic carbocycles. The molecule has 0 amide bonds. The molecule has 0 spiro atoms. The maximum atomic E-state index is 4.51. The van der Waals surface area contributed by atoms with Crippen molar-refractivity contribution in [3.8, 4) is 45.9 Å². The number of hydrogen-bond acceptors (Lipinski definition) is 0. The topological polar surface area (TPSA) is 0 Å². The van der Waals surface area contributed by atoms with Crippen molar-refractivity contribution in [1.29, 1.82) is 0 Å². The van der Waals surface area contributed by atoms with Crippen molar-refractivity contribution < 1.29 is 0 Å². The largest absolute Gasteiger partial charge is 0.133 e. The standard InChI is InChI=1S/C32H54Br2Si6/c1-35(2,3)23-19-27(20-24-36(4,5)6)28-29(30(33)39(13,14)15)31(21-25-37(7,8)9,22-26-38(10,11)12)32(28,34)40(16,17)18/h1-18H3/b30-29-. The number of halogens is 2. The first-order valence-electron chi connectivity index (χ1n) is 14.4. The van der Waals surface area contributed by atoms with Gasteiger partial charge in [0.25, 0.3) is 0 Å². The number of hydrogen-bond donors (Lipinski definition) is 0. The van der Waals surface area contributed by atoms with Crippen molar-refractivity contribution in [2.24, 2.45) is 5.41 Å². The summed E-state index contributed by atoms with van der Waals surface area (Å²) in [5.74, 6) is 15.3. The third kappa shape index (κ3) is 9.49. The molecule has 0 aromatic rings. The highest BCUT2D eigenvalue weighted by atomic mass is 79.9. The van der Waals surface area contributed by atoms with E-state index in [0.29, 0.717) is 0 Å². The Balaban J connectivity index is 4.78. The van der Waals surface area contributed by atoms with Crippen LogP contribution in [0, 0.1) is 51.3 Å². The van der Waals surface area contributed by atoms with Gasteiger partial charge in [-0.05, 0) is 15.3 Å². The molecule has 40 heavy (non-hydrogen) atoms. The summed E-state index contributed by atoms with van der Waals surface area (Å²) in [6.45, 7) is 42.5. The van der Waals surface area contributed by atoms with E-state index in [9.17, 15) is 0 Å². The van der Waals surface area contributed by atoms with Gasteiger partial charge in [0.2, 0.25) is 0 Å². The van der Waals surface area contributed by atoms with Crippen LogP contribution in [0.1, 0.15) is 0 Å². The number of allylic oxidation sites excluding steroid dienone is 3. The monoisotopic (exact) mass is 764 g/mol. The van der Waals surface area contributed by atoms with E-state index in [0.717, 1.165) is 5.57 Å². The zero-order valence-corrected chi connectivity index (χ0v) is 37.9. The summed E-state index contributed by atoms with van der Waals surface area (Å²) in [6.07, 6.45) is 0. The van der Waals surface area contributed by atoms with Crippen LogP contribution in [0.15, 0.2) is 20.8 Å². The summed E-state index contributed by atoms with van der Waals surface area (Å²) in [7, 11) is -10.5. The predicted molar refractivity (Wildman–Crippen MR) is 208 cm³/mol. The zero-order valence-electron chi connectivity index (χ0n) is 28.8. The van der Waals surface area contributed by atoms with E-state index in [-0.39, 0.29) is 0 Å². The molecule has 8 heteroatoms. The summed E-state index contributed by atoms with van der Waals surface area (Å²) in [5.41, 5.74) is 17.9. The van der Waals surface area contributed by atoms with Crippen LogP contribution in [0.25, 0.3) is 0 Å². The Morgan fingerprint density at radius 3 is 1.10 bits per heavy atom. The first-order valence-corrected chi connectivity index (χ1v) is 37.0. The van der Waals surface area contributed by atoms with Gasteiger partial charge in [-0.2, -0.15) is 0 Å². The second kappa shape index (κ2) is 12.2.